The number of rotatable bonds is 4. The van der Waals surface area contributed by atoms with Crippen molar-refractivity contribution in [3.63, 3.8) is 0 Å². The highest BCUT2D eigenvalue weighted by Gasteiger charge is 2.17. The van der Waals surface area contributed by atoms with Gasteiger partial charge in [0.15, 0.2) is 5.76 Å². The number of nitro groups is 1. The SMILES string of the molecule is O=[N+]([O-])c1nccn1Cc1cc(-c2ccc(Cl)cc2Cl)no1. The van der Waals surface area contributed by atoms with E-state index in [2.05, 4.69) is 10.1 Å². The molecule has 0 fully saturated rings. The van der Waals surface area contributed by atoms with E-state index in [0.717, 1.165) is 0 Å². The molecule has 22 heavy (non-hydrogen) atoms. The number of benzene rings is 1. The van der Waals surface area contributed by atoms with E-state index in [4.69, 9.17) is 27.7 Å². The van der Waals surface area contributed by atoms with Crippen LogP contribution in [0.15, 0.2) is 41.2 Å². The number of aromatic nitrogens is 3. The summed E-state index contributed by atoms with van der Waals surface area (Å²) >= 11 is 12.0. The van der Waals surface area contributed by atoms with E-state index in [1.807, 2.05) is 0 Å². The zero-order valence-corrected chi connectivity index (χ0v) is 12.5. The van der Waals surface area contributed by atoms with Crippen LogP contribution in [0, 0.1) is 10.1 Å². The minimum absolute atomic E-state index is 0.147. The number of imidazole rings is 1. The fourth-order valence-electron chi connectivity index (χ4n) is 1.98. The standard InChI is InChI=1S/C13H8Cl2N4O3/c14-8-1-2-10(11(15)5-8)12-6-9(22-17-12)7-18-4-3-16-13(18)19(20)21/h1-6H,7H2. The van der Waals surface area contributed by atoms with Crippen molar-refractivity contribution in [3.8, 4) is 11.3 Å². The van der Waals surface area contributed by atoms with Gasteiger partial charge < -0.3 is 14.6 Å². The van der Waals surface area contributed by atoms with Crippen LogP contribution in [-0.4, -0.2) is 19.6 Å². The fourth-order valence-corrected chi connectivity index (χ4v) is 2.48. The molecule has 0 unspecified atom stereocenters. The zero-order chi connectivity index (χ0) is 15.7. The Morgan fingerprint density at radius 1 is 1.32 bits per heavy atom. The molecule has 7 nitrogen and oxygen atoms in total. The summed E-state index contributed by atoms with van der Waals surface area (Å²) < 4.78 is 6.55. The molecule has 1 aromatic carbocycles. The zero-order valence-electron chi connectivity index (χ0n) is 10.9. The molecule has 0 N–H and O–H groups in total. The smallest absolute Gasteiger partial charge is 0.390 e. The van der Waals surface area contributed by atoms with Gasteiger partial charge in [-0.3, -0.25) is 0 Å². The maximum Gasteiger partial charge on any atom is 0.434 e. The molecule has 0 spiro atoms. The molecule has 0 aliphatic carbocycles. The molecule has 3 rings (SSSR count). The van der Waals surface area contributed by atoms with Crippen molar-refractivity contribution < 1.29 is 9.45 Å². The lowest BCUT2D eigenvalue weighted by atomic mass is 10.1. The third kappa shape index (κ3) is 2.81. The van der Waals surface area contributed by atoms with Crippen LogP contribution in [0.4, 0.5) is 5.95 Å². The van der Waals surface area contributed by atoms with Crippen molar-refractivity contribution in [2.24, 2.45) is 0 Å². The van der Waals surface area contributed by atoms with Gasteiger partial charge in [-0.25, -0.2) is 4.57 Å². The second-order valence-corrected chi connectivity index (χ2v) is 5.26. The van der Waals surface area contributed by atoms with Gasteiger partial charge in [0, 0.05) is 16.7 Å². The molecule has 2 aromatic heterocycles. The molecule has 0 aliphatic heterocycles. The predicted octanol–water partition coefficient (Wildman–Crippen LogP) is 3.80. The Hall–Kier alpha value is -2.38. The van der Waals surface area contributed by atoms with Gasteiger partial charge in [-0.1, -0.05) is 33.3 Å². The van der Waals surface area contributed by atoms with Crippen LogP contribution in [0.1, 0.15) is 5.76 Å². The Morgan fingerprint density at radius 3 is 2.86 bits per heavy atom. The number of hydrogen-bond acceptors (Lipinski definition) is 5. The molecular weight excluding hydrogens is 331 g/mol. The molecule has 3 aromatic rings. The molecule has 0 saturated carbocycles. The summed E-state index contributed by atoms with van der Waals surface area (Å²) in [6.07, 6.45) is 2.85. The van der Waals surface area contributed by atoms with Crippen LogP contribution in [0.2, 0.25) is 10.0 Å². The van der Waals surface area contributed by atoms with Crippen molar-refractivity contribution in [2.45, 2.75) is 6.54 Å². The highest BCUT2D eigenvalue weighted by atomic mass is 35.5. The Bertz CT molecular complexity index is 843. The monoisotopic (exact) mass is 338 g/mol. The average molecular weight is 339 g/mol. The third-order valence-electron chi connectivity index (χ3n) is 2.95. The summed E-state index contributed by atoms with van der Waals surface area (Å²) in [4.78, 5) is 13.9. The molecular formula is C13H8Cl2N4O3. The van der Waals surface area contributed by atoms with Crippen LogP contribution in [0.3, 0.4) is 0 Å². The van der Waals surface area contributed by atoms with Crippen LogP contribution in [0.5, 0.6) is 0 Å². The summed E-state index contributed by atoms with van der Waals surface area (Å²) in [5.41, 5.74) is 1.20. The maximum absolute atomic E-state index is 10.8. The van der Waals surface area contributed by atoms with Gasteiger partial charge in [0.25, 0.3) is 0 Å². The lowest BCUT2D eigenvalue weighted by Gasteiger charge is -1.99. The first-order chi connectivity index (χ1) is 10.5. The first-order valence-electron chi connectivity index (χ1n) is 6.11. The van der Waals surface area contributed by atoms with Gasteiger partial charge in [-0.15, -0.1) is 0 Å². The minimum Gasteiger partial charge on any atom is -0.390 e. The van der Waals surface area contributed by atoms with E-state index < -0.39 is 4.92 Å². The Morgan fingerprint density at radius 2 is 2.14 bits per heavy atom. The molecule has 9 heteroatoms. The largest absolute Gasteiger partial charge is 0.434 e. The number of halogens is 2. The number of nitrogens with zero attached hydrogens (tertiary/aromatic N) is 4. The molecule has 0 bridgehead atoms. The molecule has 0 saturated heterocycles. The average Bonchev–Trinajstić information content (AvgIpc) is 3.08. The maximum atomic E-state index is 10.8. The second-order valence-electron chi connectivity index (χ2n) is 4.41. The van der Waals surface area contributed by atoms with Crippen molar-refractivity contribution in [3.05, 3.63) is 62.6 Å². The van der Waals surface area contributed by atoms with E-state index in [0.29, 0.717) is 27.1 Å². The second kappa shape index (κ2) is 5.78. The van der Waals surface area contributed by atoms with E-state index in [1.165, 1.54) is 17.0 Å². The molecule has 0 amide bonds. The summed E-state index contributed by atoms with van der Waals surface area (Å²) in [5, 5.41) is 15.7. The quantitative estimate of drug-likeness (QED) is 0.533. The van der Waals surface area contributed by atoms with Crippen LogP contribution < -0.4 is 0 Å². The highest BCUT2D eigenvalue weighted by molar-refractivity contribution is 6.36. The fraction of sp³-hybridized carbons (Fsp3) is 0.0769. The van der Waals surface area contributed by atoms with Crippen LogP contribution in [-0.2, 0) is 6.54 Å². The molecule has 0 radical (unpaired) electrons. The summed E-state index contributed by atoms with van der Waals surface area (Å²) in [5.74, 6) is 0.185. The van der Waals surface area contributed by atoms with Gasteiger partial charge >= 0.3 is 5.95 Å². The van der Waals surface area contributed by atoms with Gasteiger partial charge in [-0.05, 0) is 23.1 Å². The van der Waals surface area contributed by atoms with Gasteiger partial charge in [-0.2, -0.15) is 0 Å². The minimum atomic E-state index is -0.562. The van der Waals surface area contributed by atoms with Gasteiger partial charge in [0.1, 0.15) is 24.6 Å². The molecule has 112 valence electrons. The summed E-state index contributed by atoms with van der Waals surface area (Å²) in [6, 6.07) is 6.69. The van der Waals surface area contributed by atoms with Crippen molar-refractivity contribution >= 4 is 29.2 Å². The van der Waals surface area contributed by atoms with Crippen LogP contribution >= 0.6 is 23.2 Å². The van der Waals surface area contributed by atoms with E-state index in [-0.39, 0.29) is 12.5 Å². The first kappa shape index (κ1) is 14.6. The Balaban J connectivity index is 1.88. The molecule has 0 atom stereocenters. The number of hydrogen-bond donors (Lipinski definition) is 0. The predicted molar refractivity (Wildman–Crippen MR) is 79.9 cm³/mol. The third-order valence-corrected chi connectivity index (χ3v) is 3.50. The Kier molecular flexibility index (Phi) is 3.82. The highest BCUT2D eigenvalue weighted by Crippen LogP contribution is 2.30. The van der Waals surface area contributed by atoms with Gasteiger partial charge in [0.2, 0.25) is 0 Å². The van der Waals surface area contributed by atoms with Crippen molar-refractivity contribution in [1.29, 1.82) is 0 Å². The van der Waals surface area contributed by atoms with E-state index >= 15 is 0 Å². The lowest BCUT2D eigenvalue weighted by Crippen LogP contribution is -2.03. The topological polar surface area (TPSA) is 87.0 Å². The van der Waals surface area contributed by atoms with E-state index in [9.17, 15) is 10.1 Å². The Labute approximate surface area is 134 Å². The molecule has 0 aliphatic rings. The lowest BCUT2D eigenvalue weighted by molar-refractivity contribution is -0.396. The van der Waals surface area contributed by atoms with Gasteiger partial charge in [0.05, 0.1) is 5.02 Å². The van der Waals surface area contributed by atoms with E-state index in [1.54, 1.807) is 24.3 Å². The summed E-state index contributed by atoms with van der Waals surface area (Å²) in [6.45, 7) is 0.147. The first-order valence-corrected chi connectivity index (χ1v) is 6.87. The molecule has 2 heterocycles. The normalized spacial score (nSPS) is 10.8. The summed E-state index contributed by atoms with van der Waals surface area (Å²) in [7, 11) is 0. The van der Waals surface area contributed by atoms with Crippen molar-refractivity contribution in [2.75, 3.05) is 0 Å². The van der Waals surface area contributed by atoms with Crippen LogP contribution in [0.25, 0.3) is 11.3 Å². The van der Waals surface area contributed by atoms with Crippen molar-refractivity contribution in [1.82, 2.24) is 14.7 Å².